The summed E-state index contributed by atoms with van der Waals surface area (Å²) in [5.41, 5.74) is 3.63. The Bertz CT molecular complexity index is 1110. The van der Waals surface area contributed by atoms with Gasteiger partial charge in [0.05, 0.1) is 11.4 Å². The third kappa shape index (κ3) is 3.79. The second kappa shape index (κ2) is 7.47. The summed E-state index contributed by atoms with van der Waals surface area (Å²) >= 11 is 15.3. The molecule has 0 atom stereocenters. The van der Waals surface area contributed by atoms with Gasteiger partial charge in [-0.1, -0.05) is 63.4 Å². The van der Waals surface area contributed by atoms with E-state index in [0.717, 1.165) is 22.5 Å². The van der Waals surface area contributed by atoms with Gasteiger partial charge in [-0.3, -0.25) is 0 Å². The van der Waals surface area contributed by atoms with Crippen LogP contribution in [0.15, 0.2) is 77.3 Å². The molecule has 134 valence electrons. The van der Waals surface area contributed by atoms with E-state index in [0.29, 0.717) is 20.2 Å². The van der Waals surface area contributed by atoms with E-state index in [1.807, 2.05) is 30.3 Å². The Morgan fingerprint density at radius 2 is 1.37 bits per heavy atom. The zero-order chi connectivity index (χ0) is 19.0. The van der Waals surface area contributed by atoms with Crippen molar-refractivity contribution in [3.8, 4) is 28.2 Å². The van der Waals surface area contributed by atoms with E-state index < -0.39 is 0 Å². The molecule has 0 fully saturated rings. The number of benzene rings is 3. The minimum atomic E-state index is -0.370. The number of halogens is 4. The molecule has 0 unspecified atom stereocenters. The molecular weight excluding hydrogens is 450 g/mol. The zero-order valence-electron chi connectivity index (χ0n) is 13.8. The highest BCUT2D eigenvalue weighted by atomic mass is 79.9. The summed E-state index contributed by atoms with van der Waals surface area (Å²) in [6, 6.07) is 21.6. The van der Waals surface area contributed by atoms with Crippen LogP contribution in [-0.4, -0.2) is 9.78 Å². The first kappa shape index (κ1) is 18.2. The fourth-order valence-corrected chi connectivity index (χ4v) is 3.39. The van der Waals surface area contributed by atoms with Crippen molar-refractivity contribution < 1.29 is 4.39 Å². The number of nitrogens with zero attached hydrogens (tertiary/aromatic N) is 2. The van der Waals surface area contributed by atoms with Gasteiger partial charge in [0, 0.05) is 25.6 Å². The molecule has 0 bridgehead atoms. The van der Waals surface area contributed by atoms with Crippen LogP contribution in [0.25, 0.3) is 28.2 Å². The maximum Gasteiger partial charge on any atom is 0.150 e. The second-order valence-corrected chi connectivity index (χ2v) is 7.72. The molecule has 2 nitrogen and oxygen atoms in total. The third-order valence-corrected chi connectivity index (χ3v) is 5.12. The molecule has 6 heteroatoms. The van der Waals surface area contributed by atoms with Crippen molar-refractivity contribution in [2.45, 2.75) is 0 Å². The van der Waals surface area contributed by atoms with Crippen LogP contribution in [0.5, 0.6) is 0 Å². The number of aromatic nitrogens is 2. The summed E-state index contributed by atoms with van der Waals surface area (Å²) in [6.45, 7) is 0. The van der Waals surface area contributed by atoms with Gasteiger partial charge < -0.3 is 0 Å². The molecule has 4 aromatic rings. The van der Waals surface area contributed by atoms with E-state index >= 15 is 0 Å². The molecule has 4 rings (SSSR count). The smallest absolute Gasteiger partial charge is 0.150 e. The van der Waals surface area contributed by atoms with Crippen LogP contribution < -0.4 is 0 Å². The molecule has 0 N–H and O–H groups in total. The van der Waals surface area contributed by atoms with Crippen molar-refractivity contribution in [3.05, 3.63) is 93.1 Å². The molecule has 0 saturated carbocycles. The quantitative estimate of drug-likeness (QED) is 0.310. The van der Waals surface area contributed by atoms with Gasteiger partial charge in [-0.05, 0) is 48.5 Å². The summed E-state index contributed by atoms with van der Waals surface area (Å²) in [5.74, 6) is -0.370. The third-order valence-electron chi connectivity index (χ3n) is 4.13. The van der Waals surface area contributed by atoms with E-state index in [4.69, 9.17) is 23.2 Å². The van der Waals surface area contributed by atoms with Crippen LogP contribution in [0.4, 0.5) is 4.39 Å². The summed E-state index contributed by atoms with van der Waals surface area (Å²) in [4.78, 5) is 0. The summed E-state index contributed by atoms with van der Waals surface area (Å²) in [5, 5.41) is 5.94. The number of hydrogen-bond donors (Lipinski definition) is 0. The first-order valence-electron chi connectivity index (χ1n) is 8.08. The maximum absolute atomic E-state index is 14.6. The summed E-state index contributed by atoms with van der Waals surface area (Å²) < 4.78 is 16.9. The van der Waals surface area contributed by atoms with Crippen LogP contribution in [0, 0.1) is 5.82 Å². The standard InChI is InChI=1S/C21H12BrCl2FN2/c22-15-5-10-20(18(25)11-15)27-21(14-3-8-17(24)9-4-14)12-19(26-27)13-1-6-16(23)7-2-13/h1-12H. The normalized spacial score (nSPS) is 11.0. The van der Waals surface area contributed by atoms with Gasteiger partial charge in [0.15, 0.2) is 0 Å². The minimum absolute atomic E-state index is 0.364. The molecule has 0 spiro atoms. The van der Waals surface area contributed by atoms with Crippen molar-refractivity contribution in [2.24, 2.45) is 0 Å². The number of rotatable bonds is 3. The Hall–Kier alpha value is -2.14. The van der Waals surface area contributed by atoms with Gasteiger partial charge >= 0.3 is 0 Å². The predicted octanol–water partition coefficient (Wildman–Crippen LogP) is 7.41. The van der Waals surface area contributed by atoms with Crippen molar-refractivity contribution in [1.29, 1.82) is 0 Å². The van der Waals surface area contributed by atoms with E-state index in [-0.39, 0.29) is 5.82 Å². The molecule has 0 aliphatic carbocycles. The Labute approximate surface area is 174 Å². The largest absolute Gasteiger partial charge is 0.229 e. The summed E-state index contributed by atoms with van der Waals surface area (Å²) in [7, 11) is 0. The lowest BCUT2D eigenvalue weighted by Gasteiger charge is -2.09. The highest BCUT2D eigenvalue weighted by molar-refractivity contribution is 9.10. The lowest BCUT2D eigenvalue weighted by Crippen LogP contribution is -2.02. The maximum atomic E-state index is 14.6. The molecule has 0 saturated heterocycles. The van der Waals surface area contributed by atoms with E-state index in [2.05, 4.69) is 21.0 Å². The Balaban J connectivity index is 1.92. The Morgan fingerprint density at radius 3 is 1.96 bits per heavy atom. The van der Waals surface area contributed by atoms with Crippen LogP contribution in [-0.2, 0) is 0 Å². The van der Waals surface area contributed by atoms with Gasteiger partial charge in [0.2, 0.25) is 0 Å². The monoisotopic (exact) mass is 460 g/mol. The molecule has 1 aromatic heterocycles. The van der Waals surface area contributed by atoms with Crippen molar-refractivity contribution in [3.63, 3.8) is 0 Å². The van der Waals surface area contributed by atoms with Gasteiger partial charge in [-0.15, -0.1) is 0 Å². The topological polar surface area (TPSA) is 17.8 Å². The molecule has 0 aliphatic rings. The average molecular weight is 462 g/mol. The fraction of sp³-hybridized carbons (Fsp3) is 0. The predicted molar refractivity (Wildman–Crippen MR) is 112 cm³/mol. The molecule has 1 heterocycles. The Kier molecular flexibility index (Phi) is 5.04. The minimum Gasteiger partial charge on any atom is -0.229 e. The van der Waals surface area contributed by atoms with Crippen LogP contribution in [0.3, 0.4) is 0 Å². The highest BCUT2D eigenvalue weighted by Crippen LogP contribution is 2.31. The zero-order valence-corrected chi connectivity index (χ0v) is 16.9. The molecular formula is C21H12BrCl2FN2. The highest BCUT2D eigenvalue weighted by Gasteiger charge is 2.16. The van der Waals surface area contributed by atoms with Gasteiger partial charge in [0.1, 0.15) is 11.5 Å². The van der Waals surface area contributed by atoms with E-state index in [1.54, 1.807) is 41.1 Å². The Morgan fingerprint density at radius 1 is 0.778 bits per heavy atom. The molecule has 27 heavy (non-hydrogen) atoms. The molecule has 0 aliphatic heterocycles. The van der Waals surface area contributed by atoms with Crippen molar-refractivity contribution >= 4 is 39.1 Å². The first-order valence-corrected chi connectivity index (χ1v) is 9.63. The fourth-order valence-electron chi connectivity index (χ4n) is 2.81. The van der Waals surface area contributed by atoms with Gasteiger partial charge in [-0.25, -0.2) is 9.07 Å². The van der Waals surface area contributed by atoms with Crippen LogP contribution in [0.2, 0.25) is 10.0 Å². The van der Waals surface area contributed by atoms with E-state index in [9.17, 15) is 4.39 Å². The lowest BCUT2D eigenvalue weighted by molar-refractivity contribution is 0.611. The van der Waals surface area contributed by atoms with Gasteiger partial charge in [-0.2, -0.15) is 5.10 Å². The van der Waals surface area contributed by atoms with Gasteiger partial charge in [0.25, 0.3) is 0 Å². The second-order valence-electron chi connectivity index (χ2n) is 5.94. The lowest BCUT2D eigenvalue weighted by atomic mass is 10.1. The average Bonchev–Trinajstić information content (AvgIpc) is 3.08. The molecule has 0 amide bonds. The first-order chi connectivity index (χ1) is 13.0. The number of hydrogen-bond acceptors (Lipinski definition) is 1. The summed E-state index contributed by atoms with van der Waals surface area (Å²) in [6.07, 6.45) is 0. The molecule has 3 aromatic carbocycles. The van der Waals surface area contributed by atoms with Crippen LogP contribution in [0.1, 0.15) is 0 Å². The van der Waals surface area contributed by atoms with Crippen molar-refractivity contribution in [2.75, 3.05) is 0 Å². The SMILES string of the molecule is Fc1cc(Br)ccc1-n1nc(-c2ccc(Cl)cc2)cc1-c1ccc(Cl)cc1. The van der Waals surface area contributed by atoms with Crippen molar-refractivity contribution in [1.82, 2.24) is 9.78 Å². The van der Waals surface area contributed by atoms with Crippen LogP contribution >= 0.6 is 39.1 Å². The van der Waals surface area contributed by atoms with E-state index in [1.165, 1.54) is 6.07 Å². The molecule has 0 radical (unpaired) electrons.